The van der Waals surface area contributed by atoms with Gasteiger partial charge in [-0.2, -0.15) is 4.79 Å². The van der Waals surface area contributed by atoms with Crippen LogP contribution >= 0.6 is 0 Å². The van der Waals surface area contributed by atoms with Crippen LogP contribution in [0.1, 0.15) is 45.1 Å². The summed E-state index contributed by atoms with van der Waals surface area (Å²) < 4.78 is 0.158. The lowest BCUT2D eigenvalue weighted by molar-refractivity contribution is -0.852. The lowest BCUT2D eigenvalue weighted by Gasteiger charge is -2.31. The maximum absolute atomic E-state index is 11.8. The smallest absolute Gasteiger partial charge is 0.435 e. The number of quaternary nitrogens is 1. The van der Waals surface area contributed by atoms with Crippen molar-refractivity contribution in [2.45, 2.75) is 39.5 Å². The van der Waals surface area contributed by atoms with Crippen molar-refractivity contribution in [1.29, 1.82) is 0 Å². The lowest BCUT2D eigenvalue weighted by Crippen LogP contribution is -2.53. The fourth-order valence-electron chi connectivity index (χ4n) is 2.44. The number of hydrogen-bond donors (Lipinski definition) is 1. The van der Waals surface area contributed by atoms with Gasteiger partial charge in [0.2, 0.25) is 0 Å². The predicted molar refractivity (Wildman–Crippen MR) is 88.2 cm³/mol. The minimum atomic E-state index is -0.699. The van der Waals surface area contributed by atoms with Crippen molar-refractivity contribution in [2.24, 2.45) is 0 Å². The van der Waals surface area contributed by atoms with Crippen molar-refractivity contribution in [3.63, 3.8) is 0 Å². The molecular weight excluding hydrogens is 262 g/mol. The Kier molecular flexibility index (Phi) is 7.76. The molecule has 1 aromatic carbocycles. The first-order valence-electron chi connectivity index (χ1n) is 7.96. The van der Waals surface area contributed by atoms with Crippen LogP contribution in [0.25, 0.3) is 6.08 Å². The van der Waals surface area contributed by atoms with Crippen LogP contribution in [-0.4, -0.2) is 35.3 Å². The van der Waals surface area contributed by atoms with E-state index in [1.54, 1.807) is 0 Å². The third-order valence-corrected chi connectivity index (χ3v) is 3.85. The van der Waals surface area contributed by atoms with Crippen LogP contribution in [0.4, 0.5) is 4.79 Å². The summed E-state index contributed by atoms with van der Waals surface area (Å²) in [6, 6.07) is 10.0. The fraction of sp³-hybridized carbons (Fsp3) is 0.500. The second-order valence-electron chi connectivity index (χ2n) is 5.58. The highest BCUT2D eigenvalue weighted by Crippen LogP contribution is 2.14. The fourth-order valence-corrected chi connectivity index (χ4v) is 2.44. The maximum atomic E-state index is 11.8. The van der Waals surface area contributed by atoms with Crippen molar-refractivity contribution >= 4 is 12.2 Å². The zero-order chi connectivity index (χ0) is 15.6. The van der Waals surface area contributed by atoms with Crippen molar-refractivity contribution in [2.75, 3.05) is 19.6 Å². The van der Waals surface area contributed by atoms with Crippen LogP contribution in [0.5, 0.6) is 0 Å². The Morgan fingerprint density at radius 2 is 1.67 bits per heavy atom. The van der Waals surface area contributed by atoms with Gasteiger partial charge in [-0.1, -0.05) is 63.1 Å². The van der Waals surface area contributed by atoms with Gasteiger partial charge in [0.15, 0.2) is 0 Å². The van der Waals surface area contributed by atoms with Gasteiger partial charge < -0.3 is 5.11 Å². The Morgan fingerprint density at radius 3 is 2.14 bits per heavy atom. The summed E-state index contributed by atoms with van der Waals surface area (Å²) in [4.78, 5) is 11.8. The number of rotatable bonds is 9. The quantitative estimate of drug-likeness (QED) is 0.664. The van der Waals surface area contributed by atoms with Crippen LogP contribution in [0.15, 0.2) is 36.4 Å². The minimum Gasteiger partial charge on any atom is -0.435 e. The molecule has 0 unspecified atom stereocenters. The maximum Gasteiger partial charge on any atom is 0.513 e. The van der Waals surface area contributed by atoms with E-state index in [0.717, 1.165) is 31.2 Å². The van der Waals surface area contributed by atoms with Crippen LogP contribution < -0.4 is 0 Å². The third-order valence-electron chi connectivity index (χ3n) is 3.85. The average molecular weight is 290 g/mol. The van der Waals surface area contributed by atoms with Crippen molar-refractivity contribution < 1.29 is 14.4 Å². The van der Waals surface area contributed by atoms with E-state index in [4.69, 9.17) is 0 Å². The number of unbranched alkanes of at least 4 members (excludes halogenated alkanes) is 2. The summed E-state index contributed by atoms with van der Waals surface area (Å²) in [5, 5.41) is 9.71. The molecule has 0 atom stereocenters. The molecule has 1 rings (SSSR count). The largest absolute Gasteiger partial charge is 0.513 e. The number of carboxylic acid groups (broad SMARTS) is 1. The van der Waals surface area contributed by atoms with Gasteiger partial charge in [-0.15, -0.1) is 0 Å². The van der Waals surface area contributed by atoms with E-state index in [1.807, 2.05) is 42.5 Å². The zero-order valence-electron chi connectivity index (χ0n) is 13.3. The van der Waals surface area contributed by atoms with E-state index in [1.165, 1.54) is 0 Å². The van der Waals surface area contributed by atoms with Crippen LogP contribution in [-0.2, 0) is 0 Å². The highest BCUT2D eigenvalue weighted by molar-refractivity contribution is 5.57. The molecule has 1 aromatic rings. The highest BCUT2D eigenvalue weighted by atomic mass is 16.4. The number of amides is 1. The monoisotopic (exact) mass is 290 g/mol. The van der Waals surface area contributed by atoms with E-state index >= 15 is 0 Å². The molecule has 116 valence electrons. The van der Waals surface area contributed by atoms with Crippen molar-refractivity contribution in [3.8, 4) is 0 Å². The van der Waals surface area contributed by atoms with Crippen molar-refractivity contribution in [1.82, 2.24) is 0 Å². The molecule has 21 heavy (non-hydrogen) atoms. The minimum absolute atomic E-state index is 0.158. The molecule has 0 fully saturated rings. The van der Waals surface area contributed by atoms with Crippen LogP contribution in [0, 0.1) is 0 Å². The SMILES string of the molecule is CCCC[N+](CC=Cc1ccccc1)(CCCC)C(=O)O. The summed E-state index contributed by atoms with van der Waals surface area (Å²) in [5.41, 5.74) is 1.12. The average Bonchev–Trinajstić information content (AvgIpc) is 2.50. The first-order chi connectivity index (χ1) is 10.1. The predicted octanol–water partition coefficient (Wildman–Crippen LogP) is 4.79. The van der Waals surface area contributed by atoms with Gasteiger partial charge in [0.1, 0.15) is 6.54 Å². The Bertz CT molecular complexity index is 432. The van der Waals surface area contributed by atoms with E-state index in [9.17, 15) is 9.90 Å². The van der Waals surface area contributed by atoms with Crippen LogP contribution in [0.3, 0.4) is 0 Å². The molecule has 3 nitrogen and oxygen atoms in total. The molecule has 1 N–H and O–H groups in total. The topological polar surface area (TPSA) is 37.3 Å². The summed E-state index contributed by atoms with van der Waals surface area (Å²) in [7, 11) is 0. The summed E-state index contributed by atoms with van der Waals surface area (Å²) >= 11 is 0. The Balaban J connectivity index is 2.79. The van der Waals surface area contributed by atoms with Gasteiger partial charge in [0.25, 0.3) is 0 Å². The zero-order valence-corrected chi connectivity index (χ0v) is 13.3. The van der Waals surface area contributed by atoms with E-state index in [2.05, 4.69) is 13.8 Å². The molecule has 0 aliphatic heterocycles. The Morgan fingerprint density at radius 1 is 1.10 bits per heavy atom. The second-order valence-corrected chi connectivity index (χ2v) is 5.58. The molecule has 0 bridgehead atoms. The molecule has 0 spiro atoms. The van der Waals surface area contributed by atoms with E-state index < -0.39 is 6.09 Å². The molecule has 0 aromatic heterocycles. The first kappa shape index (κ1) is 17.4. The molecular formula is C18H28NO2+. The molecule has 0 aliphatic carbocycles. The molecule has 0 aliphatic rings. The normalized spacial score (nSPS) is 11.9. The first-order valence-corrected chi connectivity index (χ1v) is 7.96. The third kappa shape index (κ3) is 5.72. The van der Waals surface area contributed by atoms with Gasteiger partial charge in [0, 0.05) is 0 Å². The molecule has 0 radical (unpaired) electrons. The molecule has 0 saturated carbocycles. The van der Waals surface area contributed by atoms with Gasteiger partial charge in [-0.05, 0) is 24.5 Å². The van der Waals surface area contributed by atoms with Gasteiger partial charge in [-0.25, -0.2) is 4.48 Å². The van der Waals surface area contributed by atoms with Crippen LogP contribution in [0.2, 0.25) is 0 Å². The van der Waals surface area contributed by atoms with E-state index in [0.29, 0.717) is 19.6 Å². The Hall–Kier alpha value is -1.61. The second kappa shape index (κ2) is 9.35. The molecule has 0 heterocycles. The molecule has 3 heteroatoms. The van der Waals surface area contributed by atoms with Gasteiger partial charge >= 0.3 is 6.09 Å². The van der Waals surface area contributed by atoms with E-state index in [-0.39, 0.29) is 4.48 Å². The molecule has 0 saturated heterocycles. The van der Waals surface area contributed by atoms with Gasteiger partial charge in [0.05, 0.1) is 13.1 Å². The Labute approximate surface area is 128 Å². The van der Waals surface area contributed by atoms with Gasteiger partial charge in [-0.3, -0.25) is 0 Å². The number of carbonyl (C=O) groups is 1. The molecule has 1 amide bonds. The highest BCUT2D eigenvalue weighted by Gasteiger charge is 2.34. The summed E-state index contributed by atoms with van der Waals surface area (Å²) in [5.74, 6) is 0. The number of hydrogen-bond acceptors (Lipinski definition) is 1. The van der Waals surface area contributed by atoms with Crippen molar-refractivity contribution in [3.05, 3.63) is 42.0 Å². The number of benzene rings is 1. The number of nitrogens with zero attached hydrogens (tertiary/aromatic N) is 1. The summed E-state index contributed by atoms with van der Waals surface area (Å²) in [6.07, 6.45) is 7.30. The summed E-state index contributed by atoms with van der Waals surface area (Å²) in [6.45, 7) is 6.20. The lowest BCUT2D eigenvalue weighted by atomic mass is 10.2. The standard InChI is InChI=1S/C18H27NO2/c1-3-5-14-19(18(20)21,15-6-4-2)16-10-13-17-11-8-7-9-12-17/h7-13H,3-6,14-16H2,1-2H3/p+1.